The molecule has 0 radical (unpaired) electrons. The van der Waals surface area contributed by atoms with Crippen LogP contribution in [0.25, 0.3) is 0 Å². The number of aliphatic imine (C=N–C) groups is 1. The third kappa shape index (κ3) is 4.96. The van der Waals surface area contributed by atoms with E-state index >= 15 is 0 Å². The Kier molecular flexibility index (Phi) is 6.44. The topological polar surface area (TPSA) is 90.2 Å². The number of rotatable bonds is 5. The van der Waals surface area contributed by atoms with Gasteiger partial charge in [0.1, 0.15) is 5.82 Å². The summed E-state index contributed by atoms with van der Waals surface area (Å²) in [6, 6.07) is 0. The molecular formula is C12H18FN5S. The van der Waals surface area contributed by atoms with Gasteiger partial charge in [0.05, 0.1) is 5.69 Å². The molecule has 4 N–H and O–H groups in total. The van der Waals surface area contributed by atoms with Crippen molar-refractivity contribution in [1.82, 2.24) is 9.97 Å². The molecule has 0 spiro atoms. The van der Waals surface area contributed by atoms with E-state index in [0.29, 0.717) is 30.9 Å². The summed E-state index contributed by atoms with van der Waals surface area (Å²) >= 11 is 1.21. The Hall–Kier alpha value is -1.47. The van der Waals surface area contributed by atoms with Crippen LogP contribution in [0.2, 0.25) is 0 Å². The minimum absolute atomic E-state index is 0.0194. The lowest BCUT2D eigenvalue weighted by Gasteiger charge is -2.05. The van der Waals surface area contributed by atoms with Crippen LogP contribution in [0.15, 0.2) is 16.5 Å². The maximum atomic E-state index is 14.1. The molecule has 7 heteroatoms. The Morgan fingerprint density at radius 1 is 1.47 bits per heavy atom. The molecule has 19 heavy (non-hydrogen) atoms. The highest BCUT2D eigenvalue weighted by Gasteiger charge is 2.12. The zero-order valence-electron chi connectivity index (χ0n) is 11.1. The fourth-order valence-corrected chi connectivity index (χ4v) is 1.79. The number of nitrogens with zero attached hydrogens (tertiary/aromatic N) is 3. The van der Waals surface area contributed by atoms with Crippen LogP contribution in [0.1, 0.15) is 24.9 Å². The molecule has 0 fully saturated rings. The van der Waals surface area contributed by atoms with Gasteiger partial charge in [-0.05, 0) is 38.6 Å². The smallest absolute Gasteiger partial charge is 0.194 e. The quantitative estimate of drug-likeness (QED) is 0.637. The monoisotopic (exact) mass is 283 g/mol. The van der Waals surface area contributed by atoms with Crippen LogP contribution in [0.3, 0.4) is 0 Å². The van der Waals surface area contributed by atoms with Crippen molar-refractivity contribution >= 4 is 22.7 Å². The van der Waals surface area contributed by atoms with Gasteiger partial charge in [0.15, 0.2) is 16.8 Å². The normalized spacial score (nSPS) is 12.3. The minimum Gasteiger partial charge on any atom is -0.378 e. The largest absolute Gasteiger partial charge is 0.378 e. The third-order valence-corrected chi connectivity index (χ3v) is 2.91. The molecule has 1 heterocycles. The molecule has 1 aromatic heterocycles. The van der Waals surface area contributed by atoms with E-state index in [2.05, 4.69) is 15.0 Å². The Morgan fingerprint density at radius 2 is 2.21 bits per heavy atom. The van der Waals surface area contributed by atoms with E-state index in [1.807, 2.05) is 13.0 Å². The van der Waals surface area contributed by atoms with Crippen LogP contribution < -0.4 is 11.5 Å². The number of aromatic nitrogens is 2. The molecule has 0 saturated carbocycles. The Labute approximate surface area is 116 Å². The summed E-state index contributed by atoms with van der Waals surface area (Å²) in [5.74, 6) is -0.0758. The predicted octanol–water partition coefficient (Wildman–Crippen LogP) is 2.03. The van der Waals surface area contributed by atoms with E-state index in [9.17, 15) is 4.39 Å². The van der Waals surface area contributed by atoms with Gasteiger partial charge in [-0.15, -0.1) is 0 Å². The molecule has 0 aliphatic heterocycles. The summed E-state index contributed by atoms with van der Waals surface area (Å²) in [6.45, 7) is 4.04. The van der Waals surface area contributed by atoms with Gasteiger partial charge in [0.25, 0.3) is 0 Å². The van der Waals surface area contributed by atoms with E-state index in [0.717, 1.165) is 0 Å². The highest BCUT2D eigenvalue weighted by molar-refractivity contribution is 8.16. The molecule has 104 valence electrons. The fraction of sp³-hybridized carbons (Fsp3) is 0.417. The van der Waals surface area contributed by atoms with Gasteiger partial charge in [0, 0.05) is 0 Å². The average Bonchev–Trinajstić information content (AvgIpc) is 2.38. The van der Waals surface area contributed by atoms with Gasteiger partial charge in [-0.1, -0.05) is 17.8 Å². The maximum Gasteiger partial charge on any atom is 0.194 e. The van der Waals surface area contributed by atoms with E-state index in [4.69, 9.17) is 11.5 Å². The lowest BCUT2D eigenvalue weighted by Crippen LogP contribution is -2.08. The first kappa shape index (κ1) is 15.6. The summed E-state index contributed by atoms with van der Waals surface area (Å²) in [5.41, 5.74) is 11.4. The zero-order chi connectivity index (χ0) is 14.3. The Balaban J connectivity index is 3.03. The summed E-state index contributed by atoms with van der Waals surface area (Å²) in [6.07, 6.45) is 2.96. The highest BCUT2D eigenvalue weighted by atomic mass is 32.2. The SMILES string of the molecule is C/C=C\SC(N)=Nc1nc(C)nc(CCCN)c1F. The standard InChI is InChI=1S/C12H18FN5S/c1-3-7-19-12(15)18-11-10(13)9(5-4-6-14)16-8(2)17-11/h3,7H,4-6,14H2,1-2H3,(H2,15,16,17,18)/b7-3-. The first-order valence-corrected chi connectivity index (χ1v) is 6.81. The van der Waals surface area contributed by atoms with Gasteiger partial charge >= 0.3 is 0 Å². The summed E-state index contributed by atoms with van der Waals surface area (Å²) in [7, 11) is 0. The second-order valence-corrected chi connectivity index (χ2v) is 4.71. The first-order chi connectivity index (χ1) is 9.08. The zero-order valence-corrected chi connectivity index (χ0v) is 11.9. The van der Waals surface area contributed by atoms with Crippen molar-refractivity contribution < 1.29 is 4.39 Å². The van der Waals surface area contributed by atoms with E-state index in [-0.39, 0.29) is 11.0 Å². The Bertz CT molecular complexity index is 487. The molecular weight excluding hydrogens is 265 g/mol. The highest BCUT2D eigenvalue weighted by Crippen LogP contribution is 2.20. The van der Waals surface area contributed by atoms with Crippen molar-refractivity contribution in [3.05, 3.63) is 28.8 Å². The number of halogens is 1. The van der Waals surface area contributed by atoms with Gasteiger partial charge in [-0.3, -0.25) is 0 Å². The number of hydrogen-bond donors (Lipinski definition) is 2. The second kappa shape index (κ2) is 7.85. The van der Waals surface area contributed by atoms with Crippen LogP contribution in [0.5, 0.6) is 0 Å². The molecule has 1 rings (SSSR count). The van der Waals surface area contributed by atoms with Crippen LogP contribution >= 0.6 is 11.8 Å². The van der Waals surface area contributed by atoms with Crippen molar-refractivity contribution in [2.45, 2.75) is 26.7 Å². The van der Waals surface area contributed by atoms with Gasteiger partial charge in [0.2, 0.25) is 0 Å². The number of allylic oxidation sites excluding steroid dienone is 1. The summed E-state index contributed by atoms with van der Waals surface area (Å²) in [4.78, 5) is 12.0. The van der Waals surface area contributed by atoms with Crippen molar-refractivity contribution in [3.8, 4) is 0 Å². The number of thioether (sulfide) groups is 1. The Morgan fingerprint density at radius 3 is 2.84 bits per heavy atom. The lowest BCUT2D eigenvalue weighted by atomic mass is 10.2. The van der Waals surface area contributed by atoms with Crippen molar-refractivity contribution in [2.75, 3.05) is 6.54 Å². The number of aryl methyl sites for hydroxylation is 2. The maximum absolute atomic E-state index is 14.1. The molecule has 1 aromatic rings. The van der Waals surface area contributed by atoms with Crippen LogP contribution in [0.4, 0.5) is 10.2 Å². The first-order valence-electron chi connectivity index (χ1n) is 5.93. The number of hydrogen-bond acceptors (Lipinski definition) is 5. The van der Waals surface area contributed by atoms with E-state index < -0.39 is 5.82 Å². The van der Waals surface area contributed by atoms with Crippen LogP contribution in [0, 0.1) is 12.7 Å². The average molecular weight is 283 g/mol. The molecule has 5 nitrogen and oxygen atoms in total. The molecule has 0 unspecified atom stereocenters. The molecule has 0 bridgehead atoms. The van der Waals surface area contributed by atoms with Crippen molar-refractivity contribution in [3.63, 3.8) is 0 Å². The molecule has 0 saturated heterocycles. The van der Waals surface area contributed by atoms with E-state index in [1.165, 1.54) is 11.8 Å². The van der Waals surface area contributed by atoms with Gasteiger partial charge in [-0.25, -0.2) is 19.4 Å². The lowest BCUT2D eigenvalue weighted by molar-refractivity contribution is 0.585. The minimum atomic E-state index is -0.525. The van der Waals surface area contributed by atoms with Crippen molar-refractivity contribution in [2.24, 2.45) is 16.5 Å². The number of nitrogens with two attached hydrogens (primary N) is 2. The van der Waals surface area contributed by atoms with Crippen LogP contribution in [-0.2, 0) is 6.42 Å². The second-order valence-electron chi connectivity index (χ2n) is 3.78. The number of amidine groups is 1. The van der Waals surface area contributed by atoms with Gasteiger partial charge in [-0.2, -0.15) is 0 Å². The molecule has 0 aliphatic rings. The molecule has 0 amide bonds. The summed E-state index contributed by atoms with van der Waals surface area (Å²) < 4.78 is 14.1. The van der Waals surface area contributed by atoms with Crippen molar-refractivity contribution in [1.29, 1.82) is 0 Å². The third-order valence-electron chi connectivity index (χ3n) is 2.17. The predicted molar refractivity (Wildman–Crippen MR) is 77.8 cm³/mol. The summed E-state index contributed by atoms with van der Waals surface area (Å²) in [5, 5.41) is 2.00. The van der Waals surface area contributed by atoms with Crippen LogP contribution in [-0.4, -0.2) is 21.7 Å². The fourth-order valence-electron chi connectivity index (χ4n) is 1.38. The van der Waals surface area contributed by atoms with Gasteiger partial charge < -0.3 is 11.5 Å². The van der Waals surface area contributed by atoms with E-state index in [1.54, 1.807) is 12.3 Å². The molecule has 0 aliphatic carbocycles. The molecule has 0 aromatic carbocycles. The molecule has 0 atom stereocenters.